The van der Waals surface area contributed by atoms with Gasteiger partial charge in [-0.15, -0.1) is 0 Å². The molecule has 0 aromatic heterocycles. The number of hydrogen-bond donors (Lipinski definition) is 1. The van der Waals surface area contributed by atoms with Crippen molar-refractivity contribution >= 4 is 11.9 Å². The number of carboxylic acids is 1. The van der Waals surface area contributed by atoms with E-state index in [9.17, 15) is 9.59 Å². The number of carboxylic acid groups (broad SMARTS) is 1. The second-order valence-corrected chi connectivity index (χ2v) is 6.53. The number of aryl methyl sites for hydroxylation is 1. The minimum Gasteiger partial charge on any atom is -0.484 e. The van der Waals surface area contributed by atoms with Gasteiger partial charge in [-0.1, -0.05) is 12.1 Å². The fraction of sp³-hybridized carbons (Fsp3) is 0.579. The predicted octanol–water partition coefficient (Wildman–Crippen LogP) is 2.16. The molecule has 0 bridgehead atoms. The SMILES string of the molecule is Cc1cccc(OCC(=O)N2CCCN(CCCCC(=O)O)CC2)c1. The molecule has 25 heavy (non-hydrogen) atoms. The summed E-state index contributed by atoms with van der Waals surface area (Å²) in [6.07, 6.45) is 2.76. The number of rotatable bonds is 8. The molecule has 1 heterocycles. The van der Waals surface area contributed by atoms with E-state index in [2.05, 4.69) is 4.90 Å². The van der Waals surface area contributed by atoms with Crippen molar-refractivity contribution in [2.24, 2.45) is 0 Å². The van der Waals surface area contributed by atoms with E-state index >= 15 is 0 Å². The van der Waals surface area contributed by atoms with Gasteiger partial charge >= 0.3 is 5.97 Å². The van der Waals surface area contributed by atoms with Gasteiger partial charge in [0.25, 0.3) is 5.91 Å². The number of ether oxygens (including phenoxy) is 1. The fourth-order valence-corrected chi connectivity index (χ4v) is 3.00. The Balaban J connectivity index is 1.70. The molecule has 0 saturated carbocycles. The highest BCUT2D eigenvalue weighted by molar-refractivity contribution is 5.77. The van der Waals surface area contributed by atoms with E-state index in [0.717, 1.165) is 50.3 Å². The third-order valence-electron chi connectivity index (χ3n) is 4.41. The zero-order valence-electron chi connectivity index (χ0n) is 14.9. The molecule has 138 valence electrons. The normalized spacial score (nSPS) is 15.6. The van der Waals surface area contributed by atoms with Crippen LogP contribution >= 0.6 is 0 Å². The molecule has 6 nitrogen and oxygen atoms in total. The summed E-state index contributed by atoms with van der Waals surface area (Å²) in [5.41, 5.74) is 1.11. The first-order chi connectivity index (χ1) is 12.0. The number of hydrogen-bond acceptors (Lipinski definition) is 4. The Hall–Kier alpha value is -2.08. The van der Waals surface area contributed by atoms with Crippen LogP contribution in [-0.2, 0) is 9.59 Å². The lowest BCUT2D eigenvalue weighted by Crippen LogP contribution is -2.38. The monoisotopic (exact) mass is 348 g/mol. The standard InChI is InChI=1S/C19H28N2O4/c1-16-6-4-7-17(14-16)25-15-18(22)21-11-5-10-20(12-13-21)9-3-2-8-19(23)24/h4,6-7,14H,2-3,5,8-13,15H2,1H3,(H,23,24). The van der Waals surface area contributed by atoms with Crippen molar-refractivity contribution in [2.45, 2.75) is 32.6 Å². The van der Waals surface area contributed by atoms with Crippen LogP contribution in [0, 0.1) is 6.92 Å². The highest BCUT2D eigenvalue weighted by atomic mass is 16.5. The molecule has 0 spiro atoms. The first kappa shape index (κ1) is 19.2. The van der Waals surface area contributed by atoms with Gasteiger partial charge in [0, 0.05) is 26.1 Å². The van der Waals surface area contributed by atoms with Crippen molar-refractivity contribution in [1.29, 1.82) is 0 Å². The summed E-state index contributed by atoms with van der Waals surface area (Å²) in [5.74, 6) is 0.0127. The van der Waals surface area contributed by atoms with Crippen LogP contribution in [0.4, 0.5) is 0 Å². The van der Waals surface area contributed by atoms with Crippen LogP contribution in [0.3, 0.4) is 0 Å². The lowest BCUT2D eigenvalue weighted by atomic mass is 10.2. The minimum absolute atomic E-state index is 0.0224. The second-order valence-electron chi connectivity index (χ2n) is 6.53. The van der Waals surface area contributed by atoms with Gasteiger partial charge in [-0.25, -0.2) is 0 Å². The number of aliphatic carboxylic acids is 1. The Morgan fingerprint density at radius 1 is 1.16 bits per heavy atom. The maximum atomic E-state index is 12.4. The molecule has 2 rings (SSSR count). The highest BCUT2D eigenvalue weighted by Gasteiger charge is 2.19. The first-order valence-electron chi connectivity index (χ1n) is 8.96. The molecule has 1 saturated heterocycles. The molecule has 0 unspecified atom stereocenters. The van der Waals surface area contributed by atoms with Gasteiger partial charge in [0.15, 0.2) is 6.61 Å². The van der Waals surface area contributed by atoms with Gasteiger partial charge in [0.1, 0.15) is 5.75 Å². The van der Waals surface area contributed by atoms with Crippen LogP contribution in [-0.4, -0.2) is 66.1 Å². The van der Waals surface area contributed by atoms with Crippen molar-refractivity contribution in [3.63, 3.8) is 0 Å². The topological polar surface area (TPSA) is 70.1 Å². The molecular weight excluding hydrogens is 320 g/mol. The Morgan fingerprint density at radius 3 is 2.76 bits per heavy atom. The molecular formula is C19H28N2O4. The van der Waals surface area contributed by atoms with E-state index in [-0.39, 0.29) is 18.9 Å². The molecule has 1 amide bonds. The molecule has 1 aliphatic rings. The molecule has 0 atom stereocenters. The van der Waals surface area contributed by atoms with E-state index in [1.54, 1.807) is 0 Å². The van der Waals surface area contributed by atoms with E-state index in [0.29, 0.717) is 13.0 Å². The molecule has 6 heteroatoms. The van der Waals surface area contributed by atoms with Crippen molar-refractivity contribution in [2.75, 3.05) is 39.3 Å². The molecule has 1 aliphatic heterocycles. The van der Waals surface area contributed by atoms with Gasteiger partial charge < -0.3 is 19.6 Å². The lowest BCUT2D eigenvalue weighted by Gasteiger charge is -2.22. The largest absolute Gasteiger partial charge is 0.484 e. The number of benzene rings is 1. The van der Waals surface area contributed by atoms with Gasteiger partial charge in [0.2, 0.25) is 0 Å². The first-order valence-corrected chi connectivity index (χ1v) is 8.96. The summed E-state index contributed by atoms with van der Waals surface area (Å²) in [6.45, 7) is 6.21. The number of carbonyl (C=O) groups is 2. The Morgan fingerprint density at radius 2 is 2.00 bits per heavy atom. The van der Waals surface area contributed by atoms with Crippen LogP contribution in [0.25, 0.3) is 0 Å². The van der Waals surface area contributed by atoms with Crippen molar-refractivity contribution in [3.05, 3.63) is 29.8 Å². The highest BCUT2D eigenvalue weighted by Crippen LogP contribution is 2.13. The van der Waals surface area contributed by atoms with E-state index in [1.807, 2.05) is 36.1 Å². The summed E-state index contributed by atoms with van der Waals surface area (Å²) in [4.78, 5) is 27.1. The van der Waals surface area contributed by atoms with E-state index in [1.165, 1.54) is 0 Å². The van der Waals surface area contributed by atoms with Crippen LogP contribution < -0.4 is 4.74 Å². The molecule has 1 N–H and O–H groups in total. The van der Waals surface area contributed by atoms with Crippen LogP contribution in [0.2, 0.25) is 0 Å². The lowest BCUT2D eigenvalue weighted by molar-refractivity contribution is -0.137. The average molecular weight is 348 g/mol. The Kier molecular flexibility index (Phi) is 7.73. The zero-order chi connectivity index (χ0) is 18.1. The molecule has 0 aliphatic carbocycles. The third-order valence-corrected chi connectivity index (χ3v) is 4.41. The minimum atomic E-state index is -0.735. The quantitative estimate of drug-likeness (QED) is 0.729. The van der Waals surface area contributed by atoms with Gasteiger partial charge in [0.05, 0.1) is 0 Å². The van der Waals surface area contributed by atoms with Crippen molar-refractivity contribution < 1.29 is 19.4 Å². The summed E-state index contributed by atoms with van der Waals surface area (Å²) >= 11 is 0. The number of amides is 1. The van der Waals surface area contributed by atoms with Crippen LogP contribution in [0.5, 0.6) is 5.75 Å². The summed E-state index contributed by atoms with van der Waals surface area (Å²) in [7, 11) is 0. The maximum Gasteiger partial charge on any atom is 0.303 e. The van der Waals surface area contributed by atoms with Crippen LogP contribution in [0.1, 0.15) is 31.2 Å². The number of carbonyl (C=O) groups excluding carboxylic acids is 1. The van der Waals surface area contributed by atoms with Gasteiger partial charge in [-0.2, -0.15) is 0 Å². The average Bonchev–Trinajstić information content (AvgIpc) is 2.82. The van der Waals surface area contributed by atoms with Crippen LogP contribution in [0.15, 0.2) is 24.3 Å². The van der Waals surface area contributed by atoms with Gasteiger partial charge in [-0.3, -0.25) is 9.59 Å². The summed E-state index contributed by atoms with van der Waals surface area (Å²) < 4.78 is 5.61. The Bertz CT molecular complexity index is 576. The summed E-state index contributed by atoms with van der Waals surface area (Å²) in [5, 5.41) is 8.67. The second kappa shape index (κ2) is 10.0. The predicted molar refractivity (Wildman–Crippen MR) is 95.8 cm³/mol. The maximum absolute atomic E-state index is 12.4. The van der Waals surface area contributed by atoms with E-state index < -0.39 is 5.97 Å². The van der Waals surface area contributed by atoms with Gasteiger partial charge in [-0.05, 0) is 57.0 Å². The van der Waals surface area contributed by atoms with Crippen molar-refractivity contribution in [1.82, 2.24) is 9.80 Å². The third kappa shape index (κ3) is 7.13. The molecule has 1 fully saturated rings. The fourth-order valence-electron chi connectivity index (χ4n) is 3.00. The summed E-state index contributed by atoms with van der Waals surface area (Å²) in [6, 6.07) is 7.70. The van der Waals surface area contributed by atoms with Crippen molar-refractivity contribution in [3.8, 4) is 5.75 Å². The number of unbranched alkanes of at least 4 members (excludes halogenated alkanes) is 1. The Labute approximate surface area is 149 Å². The smallest absolute Gasteiger partial charge is 0.303 e. The van der Waals surface area contributed by atoms with E-state index in [4.69, 9.17) is 9.84 Å². The molecule has 0 radical (unpaired) electrons. The molecule has 1 aromatic carbocycles. The number of nitrogens with zero attached hydrogens (tertiary/aromatic N) is 2. The molecule has 1 aromatic rings. The zero-order valence-corrected chi connectivity index (χ0v) is 14.9.